The molecule has 6 nitrogen and oxygen atoms in total. The van der Waals surface area contributed by atoms with Gasteiger partial charge in [0.05, 0.1) is 0 Å². The van der Waals surface area contributed by atoms with E-state index >= 15 is 0 Å². The number of rotatable bonds is 2. The average molecular weight is 280 g/mol. The molecule has 17 heavy (non-hydrogen) atoms. The van der Waals surface area contributed by atoms with Gasteiger partial charge in [0, 0.05) is 4.75 Å². The Hall–Kier alpha value is -0.950. The van der Waals surface area contributed by atoms with Crippen LogP contribution in [0.5, 0.6) is 0 Å². The summed E-state index contributed by atoms with van der Waals surface area (Å²) in [6, 6.07) is -1.05. The smallest absolute Gasteiger partial charge is 0.337 e. The molecule has 0 aliphatic carbocycles. The summed E-state index contributed by atoms with van der Waals surface area (Å²) in [5, 5.41) is 17.2. The van der Waals surface area contributed by atoms with Crippen molar-refractivity contribution < 1.29 is 24.6 Å². The van der Waals surface area contributed by atoms with Gasteiger partial charge >= 0.3 is 11.9 Å². The molecule has 2 N–H and O–H groups in total. The molecule has 8 heteroatoms. The van der Waals surface area contributed by atoms with Crippen molar-refractivity contribution in [2.45, 2.75) is 34.9 Å². The highest BCUT2D eigenvalue weighted by molar-refractivity contribution is 8.01. The van der Waals surface area contributed by atoms with E-state index in [0.717, 1.165) is 16.7 Å². The molecule has 94 valence electrons. The van der Waals surface area contributed by atoms with E-state index in [9.17, 15) is 14.4 Å². The second kappa shape index (κ2) is 3.29. The van der Waals surface area contributed by atoms with E-state index in [2.05, 4.69) is 0 Å². The topological polar surface area (TPSA) is 94.9 Å². The average Bonchev–Trinajstić information content (AvgIpc) is 2.46. The van der Waals surface area contributed by atoms with Gasteiger partial charge in [-0.2, -0.15) is 0 Å². The number of thioether (sulfide) groups is 1. The largest absolute Gasteiger partial charge is 0.480 e. The second-order valence-electron chi connectivity index (χ2n) is 4.54. The van der Waals surface area contributed by atoms with Crippen LogP contribution < -0.4 is 0 Å². The molecule has 3 atom stereocenters. The molecule has 2 aliphatic heterocycles. The maximum absolute atomic E-state index is 11.7. The number of alkyl halides is 1. The third kappa shape index (κ3) is 1.32. The molecule has 0 spiro atoms. The summed E-state index contributed by atoms with van der Waals surface area (Å²) in [5.41, 5.74) is 0. The number of aliphatic carboxylic acids is 2. The van der Waals surface area contributed by atoms with Gasteiger partial charge in [0.2, 0.25) is 4.87 Å². The first-order valence-electron chi connectivity index (χ1n) is 4.79. The van der Waals surface area contributed by atoms with Gasteiger partial charge in [-0.15, -0.1) is 11.8 Å². The predicted molar refractivity (Wildman–Crippen MR) is 59.9 cm³/mol. The third-order valence-corrected chi connectivity index (χ3v) is 5.33. The lowest BCUT2D eigenvalue weighted by Crippen LogP contribution is -2.73. The molecular weight excluding hydrogens is 270 g/mol. The van der Waals surface area contributed by atoms with E-state index in [1.54, 1.807) is 13.8 Å². The summed E-state index contributed by atoms with van der Waals surface area (Å²) < 4.78 is -0.766. The lowest BCUT2D eigenvalue weighted by molar-refractivity contribution is -0.169. The Kier molecular flexibility index (Phi) is 2.42. The van der Waals surface area contributed by atoms with Gasteiger partial charge in [-0.3, -0.25) is 4.79 Å². The quantitative estimate of drug-likeness (QED) is 0.426. The maximum Gasteiger partial charge on any atom is 0.337 e. The minimum Gasteiger partial charge on any atom is -0.480 e. The zero-order valence-corrected chi connectivity index (χ0v) is 10.6. The molecular formula is C9H10ClNO5S. The summed E-state index contributed by atoms with van der Waals surface area (Å²) in [6.07, 6.45) is 0. The van der Waals surface area contributed by atoms with Gasteiger partial charge in [0.15, 0.2) is 0 Å². The van der Waals surface area contributed by atoms with Crippen molar-refractivity contribution in [1.29, 1.82) is 0 Å². The van der Waals surface area contributed by atoms with Crippen molar-refractivity contribution in [1.82, 2.24) is 4.90 Å². The SMILES string of the molecule is CC1(C)SC2N(C(=O)C2(Cl)C(=O)O)C1C(=O)O. The molecule has 0 aromatic carbocycles. The van der Waals surface area contributed by atoms with Crippen LogP contribution in [0.15, 0.2) is 0 Å². The first-order valence-corrected chi connectivity index (χ1v) is 6.05. The van der Waals surface area contributed by atoms with Crippen molar-refractivity contribution in [3.05, 3.63) is 0 Å². The van der Waals surface area contributed by atoms with E-state index in [1.807, 2.05) is 0 Å². The molecule has 0 aromatic heterocycles. The second-order valence-corrected chi connectivity index (χ2v) is 6.87. The molecule has 1 amide bonds. The highest BCUT2D eigenvalue weighted by Gasteiger charge is 2.74. The van der Waals surface area contributed by atoms with Crippen LogP contribution in [0.1, 0.15) is 13.8 Å². The van der Waals surface area contributed by atoms with E-state index in [-0.39, 0.29) is 0 Å². The molecule has 3 unspecified atom stereocenters. The normalized spacial score (nSPS) is 38.5. The molecule has 2 rings (SSSR count). The van der Waals surface area contributed by atoms with Crippen molar-refractivity contribution in [3.63, 3.8) is 0 Å². The summed E-state index contributed by atoms with van der Waals surface area (Å²) in [6.45, 7) is 3.31. The highest BCUT2D eigenvalue weighted by atomic mass is 35.5. The number of carboxylic acids is 2. The fourth-order valence-electron chi connectivity index (χ4n) is 2.22. The number of hydrogen-bond donors (Lipinski definition) is 2. The van der Waals surface area contributed by atoms with Gasteiger partial charge in [0.25, 0.3) is 5.91 Å². The fourth-order valence-corrected chi connectivity index (χ4v) is 4.17. The Morgan fingerprint density at radius 3 is 2.35 bits per heavy atom. The molecule has 2 heterocycles. The summed E-state index contributed by atoms with van der Waals surface area (Å²) >= 11 is 6.89. The number of amides is 1. The Morgan fingerprint density at radius 2 is 1.94 bits per heavy atom. The minimum atomic E-state index is -2.02. The first-order chi connectivity index (χ1) is 7.64. The van der Waals surface area contributed by atoms with E-state index in [0.29, 0.717) is 0 Å². The van der Waals surface area contributed by atoms with Crippen LogP contribution in [-0.4, -0.2) is 54.0 Å². The molecule has 2 saturated heterocycles. The summed E-state index contributed by atoms with van der Waals surface area (Å²) in [5.74, 6) is -3.43. The van der Waals surface area contributed by atoms with Gasteiger partial charge < -0.3 is 15.1 Å². The number of carbonyl (C=O) groups is 3. The number of carboxylic acid groups (broad SMARTS) is 2. The van der Waals surface area contributed by atoms with Crippen LogP contribution >= 0.6 is 23.4 Å². The fraction of sp³-hybridized carbons (Fsp3) is 0.667. The van der Waals surface area contributed by atoms with Gasteiger partial charge in [-0.25, -0.2) is 9.59 Å². The van der Waals surface area contributed by atoms with Crippen molar-refractivity contribution in [2.24, 2.45) is 0 Å². The Balaban J connectivity index is 2.41. The Morgan fingerprint density at radius 1 is 1.41 bits per heavy atom. The number of hydrogen-bond acceptors (Lipinski definition) is 4. The molecule has 0 radical (unpaired) electrons. The molecule has 0 aromatic rings. The number of halogens is 1. The van der Waals surface area contributed by atoms with E-state index in [4.69, 9.17) is 21.8 Å². The molecule has 2 aliphatic rings. The predicted octanol–water partition coefficient (Wildman–Crippen LogP) is 0.195. The first kappa shape index (κ1) is 12.5. The maximum atomic E-state index is 11.7. The lowest BCUT2D eigenvalue weighted by Gasteiger charge is -2.46. The number of β-lactam (4-membered cyclic amide) rings is 1. The monoisotopic (exact) mass is 279 g/mol. The summed E-state index contributed by atoms with van der Waals surface area (Å²) in [7, 11) is 0. The molecule has 0 bridgehead atoms. The zero-order valence-electron chi connectivity index (χ0n) is 9.01. The molecule has 2 fully saturated rings. The number of nitrogens with zero attached hydrogens (tertiary/aromatic N) is 1. The van der Waals surface area contributed by atoms with Crippen LogP contribution in [0.4, 0.5) is 0 Å². The lowest BCUT2D eigenvalue weighted by atomic mass is 9.91. The van der Waals surface area contributed by atoms with Crippen LogP contribution in [0, 0.1) is 0 Å². The van der Waals surface area contributed by atoms with Crippen LogP contribution in [0.25, 0.3) is 0 Å². The van der Waals surface area contributed by atoms with Crippen molar-refractivity contribution in [2.75, 3.05) is 0 Å². The Labute approximate surface area is 106 Å². The van der Waals surface area contributed by atoms with Crippen LogP contribution in [0.3, 0.4) is 0 Å². The summed E-state index contributed by atoms with van der Waals surface area (Å²) in [4.78, 5) is 32.9. The molecule has 0 saturated carbocycles. The third-order valence-electron chi connectivity index (χ3n) is 3.04. The van der Waals surface area contributed by atoms with Crippen LogP contribution in [0.2, 0.25) is 0 Å². The zero-order chi connectivity index (χ0) is 13.2. The van der Waals surface area contributed by atoms with Crippen molar-refractivity contribution in [3.8, 4) is 0 Å². The van der Waals surface area contributed by atoms with E-state index in [1.165, 1.54) is 0 Å². The van der Waals surface area contributed by atoms with Gasteiger partial charge in [-0.05, 0) is 13.8 Å². The Bertz CT molecular complexity index is 439. The van der Waals surface area contributed by atoms with E-state index < -0.39 is 38.9 Å². The highest BCUT2D eigenvalue weighted by Crippen LogP contribution is 2.57. The van der Waals surface area contributed by atoms with Gasteiger partial charge in [-0.1, -0.05) is 11.6 Å². The minimum absolute atomic E-state index is 0.766. The van der Waals surface area contributed by atoms with Crippen LogP contribution in [-0.2, 0) is 14.4 Å². The standard InChI is InChI=1S/C9H10ClNO5S/c1-8(2)3(4(12)13)11-5(14)9(10,7(15)16)6(11)17-8/h3,6H,1-2H3,(H,12,13)(H,15,16). The van der Waals surface area contributed by atoms with Gasteiger partial charge in [0.1, 0.15) is 11.4 Å². The van der Waals surface area contributed by atoms with Crippen molar-refractivity contribution >= 4 is 41.2 Å². The number of carbonyl (C=O) groups excluding carboxylic acids is 1. The number of fused-ring (bicyclic) bond motifs is 1.